The van der Waals surface area contributed by atoms with Crippen LogP contribution in [-0.2, 0) is 16.0 Å². The first kappa shape index (κ1) is 10.5. The molecule has 2 N–H and O–H groups in total. The molecule has 4 heteroatoms. The summed E-state index contributed by atoms with van der Waals surface area (Å²) >= 11 is 0. The number of nitrogen functional groups attached to an aromatic ring is 1. The summed E-state index contributed by atoms with van der Waals surface area (Å²) in [6.45, 7) is 4.04. The van der Waals surface area contributed by atoms with Crippen molar-refractivity contribution in [2.24, 2.45) is 0 Å². The molecule has 0 amide bonds. The zero-order chi connectivity index (χ0) is 10.6. The van der Waals surface area contributed by atoms with E-state index in [0.29, 0.717) is 12.3 Å². The highest BCUT2D eigenvalue weighted by atomic mass is 16.5. The average Bonchev–Trinajstić information content (AvgIpc) is 2.13. The molecule has 1 rings (SSSR count). The lowest BCUT2D eigenvalue weighted by Gasteiger charge is -2.06. The highest BCUT2D eigenvalue weighted by molar-refractivity contribution is 5.73. The molecule has 76 valence electrons. The number of pyridine rings is 1. The summed E-state index contributed by atoms with van der Waals surface area (Å²) < 4.78 is 4.83. The van der Waals surface area contributed by atoms with Gasteiger partial charge in [0, 0.05) is 6.20 Å². The molecule has 0 aliphatic rings. The van der Waals surface area contributed by atoms with Crippen LogP contribution in [0.2, 0.25) is 0 Å². The molecule has 14 heavy (non-hydrogen) atoms. The van der Waals surface area contributed by atoms with Crippen LogP contribution in [0.5, 0.6) is 0 Å². The van der Waals surface area contributed by atoms with Crippen molar-refractivity contribution >= 4 is 11.7 Å². The normalized spacial score (nSPS) is 9.86. The molecule has 0 bridgehead atoms. The van der Waals surface area contributed by atoms with Gasteiger partial charge in [-0.3, -0.25) is 9.78 Å². The Balaban J connectivity index is 2.76. The fourth-order valence-electron chi connectivity index (χ4n) is 1.13. The number of esters is 1. The quantitative estimate of drug-likeness (QED) is 0.731. The molecule has 0 aliphatic heterocycles. The highest BCUT2D eigenvalue weighted by Gasteiger charge is 2.08. The zero-order valence-electron chi connectivity index (χ0n) is 8.41. The Bertz CT molecular complexity index is 337. The molecule has 0 atom stereocenters. The number of hydrogen-bond acceptors (Lipinski definition) is 4. The molecule has 1 aromatic rings. The fourth-order valence-corrected chi connectivity index (χ4v) is 1.13. The predicted molar refractivity (Wildman–Crippen MR) is 53.7 cm³/mol. The largest absolute Gasteiger partial charge is 0.466 e. The minimum atomic E-state index is -0.247. The van der Waals surface area contributed by atoms with Crippen LogP contribution >= 0.6 is 0 Å². The standard InChI is InChI=1S/C10H14N2O2/c1-3-14-10(13)4-8-5-12-6-9(11)7(8)2/h5-6H,3-4,11H2,1-2H3. The van der Waals surface area contributed by atoms with Crippen molar-refractivity contribution in [3.63, 3.8) is 0 Å². The number of carbonyl (C=O) groups is 1. The number of anilines is 1. The Morgan fingerprint density at radius 3 is 2.93 bits per heavy atom. The van der Waals surface area contributed by atoms with Crippen molar-refractivity contribution in [1.82, 2.24) is 4.98 Å². The first-order valence-corrected chi connectivity index (χ1v) is 4.49. The Kier molecular flexibility index (Phi) is 3.45. The number of carbonyl (C=O) groups excluding carboxylic acids is 1. The number of hydrogen-bond donors (Lipinski definition) is 1. The Morgan fingerprint density at radius 2 is 2.29 bits per heavy atom. The summed E-state index contributed by atoms with van der Waals surface area (Å²) in [5.41, 5.74) is 7.98. The van der Waals surface area contributed by atoms with Gasteiger partial charge in [0.05, 0.1) is 24.9 Å². The van der Waals surface area contributed by atoms with Gasteiger partial charge < -0.3 is 10.5 Å². The Hall–Kier alpha value is -1.58. The number of nitrogens with two attached hydrogens (primary N) is 1. The summed E-state index contributed by atoms with van der Waals surface area (Å²) in [5.74, 6) is -0.247. The van der Waals surface area contributed by atoms with E-state index in [-0.39, 0.29) is 12.4 Å². The van der Waals surface area contributed by atoms with Crippen molar-refractivity contribution in [3.05, 3.63) is 23.5 Å². The second kappa shape index (κ2) is 4.60. The van der Waals surface area contributed by atoms with Gasteiger partial charge in [-0.25, -0.2) is 0 Å². The highest BCUT2D eigenvalue weighted by Crippen LogP contribution is 2.14. The minimum Gasteiger partial charge on any atom is -0.466 e. The second-order valence-corrected chi connectivity index (χ2v) is 2.99. The van der Waals surface area contributed by atoms with E-state index in [0.717, 1.165) is 11.1 Å². The van der Waals surface area contributed by atoms with E-state index in [1.165, 1.54) is 0 Å². The summed E-state index contributed by atoms with van der Waals surface area (Å²) in [6.07, 6.45) is 3.45. The van der Waals surface area contributed by atoms with Crippen molar-refractivity contribution in [1.29, 1.82) is 0 Å². The first-order chi connectivity index (χ1) is 6.65. The lowest BCUT2D eigenvalue weighted by molar-refractivity contribution is -0.142. The topological polar surface area (TPSA) is 65.2 Å². The van der Waals surface area contributed by atoms with E-state index in [9.17, 15) is 4.79 Å². The summed E-state index contributed by atoms with van der Waals surface area (Å²) in [4.78, 5) is 15.1. The molecule has 0 saturated heterocycles. The van der Waals surface area contributed by atoms with Gasteiger partial charge in [-0.1, -0.05) is 0 Å². The van der Waals surface area contributed by atoms with E-state index in [1.807, 2.05) is 6.92 Å². The van der Waals surface area contributed by atoms with Crippen LogP contribution < -0.4 is 5.73 Å². The van der Waals surface area contributed by atoms with Crippen molar-refractivity contribution < 1.29 is 9.53 Å². The lowest BCUT2D eigenvalue weighted by atomic mass is 10.1. The Morgan fingerprint density at radius 1 is 1.57 bits per heavy atom. The van der Waals surface area contributed by atoms with Crippen LogP contribution in [0.15, 0.2) is 12.4 Å². The van der Waals surface area contributed by atoms with Gasteiger partial charge in [0.1, 0.15) is 0 Å². The van der Waals surface area contributed by atoms with Gasteiger partial charge in [0.25, 0.3) is 0 Å². The molecule has 0 unspecified atom stereocenters. The van der Waals surface area contributed by atoms with Crippen LogP contribution in [0.1, 0.15) is 18.1 Å². The number of aromatic nitrogens is 1. The van der Waals surface area contributed by atoms with E-state index < -0.39 is 0 Å². The predicted octanol–water partition coefficient (Wildman–Crippen LogP) is 1.08. The molecule has 1 aromatic heterocycles. The third-order valence-corrected chi connectivity index (χ3v) is 2.00. The Labute approximate surface area is 83.1 Å². The molecule has 0 radical (unpaired) electrons. The van der Waals surface area contributed by atoms with Crippen LogP contribution in [0.4, 0.5) is 5.69 Å². The number of rotatable bonds is 3. The maximum Gasteiger partial charge on any atom is 0.310 e. The summed E-state index contributed by atoms with van der Waals surface area (Å²) in [7, 11) is 0. The molecule has 0 aliphatic carbocycles. The number of nitrogens with zero attached hydrogens (tertiary/aromatic N) is 1. The van der Waals surface area contributed by atoms with Crippen LogP contribution in [0, 0.1) is 6.92 Å². The van der Waals surface area contributed by atoms with Crippen LogP contribution in [0.3, 0.4) is 0 Å². The monoisotopic (exact) mass is 194 g/mol. The number of ether oxygens (including phenoxy) is 1. The second-order valence-electron chi connectivity index (χ2n) is 2.99. The molecule has 0 aromatic carbocycles. The third kappa shape index (κ3) is 2.45. The smallest absolute Gasteiger partial charge is 0.310 e. The maximum absolute atomic E-state index is 11.2. The molecule has 0 fully saturated rings. The minimum absolute atomic E-state index is 0.234. The molecule has 1 heterocycles. The van der Waals surface area contributed by atoms with Gasteiger partial charge in [0.2, 0.25) is 0 Å². The van der Waals surface area contributed by atoms with E-state index in [4.69, 9.17) is 10.5 Å². The van der Waals surface area contributed by atoms with Crippen molar-refractivity contribution in [2.75, 3.05) is 12.3 Å². The van der Waals surface area contributed by atoms with Crippen molar-refractivity contribution in [3.8, 4) is 0 Å². The van der Waals surface area contributed by atoms with Gasteiger partial charge in [0.15, 0.2) is 0 Å². The molecular weight excluding hydrogens is 180 g/mol. The van der Waals surface area contributed by atoms with Gasteiger partial charge in [-0.15, -0.1) is 0 Å². The maximum atomic E-state index is 11.2. The first-order valence-electron chi connectivity index (χ1n) is 4.49. The van der Waals surface area contributed by atoms with Gasteiger partial charge in [-0.2, -0.15) is 0 Å². The van der Waals surface area contributed by atoms with Crippen molar-refractivity contribution in [2.45, 2.75) is 20.3 Å². The molecule has 0 spiro atoms. The zero-order valence-corrected chi connectivity index (χ0v) is 8.41. The lowest BCUT2D eigenvalue weighted by Crippen LogP contribution is -2.09. The summed E-state index contributed by atoms with van der Waals surface area (Å²) in [6, 6.07) is 0. The van der Waals surface area contributed by atoms with Gasteiger partial charge >= 0.3 is 5.97 Å². The average molecular weight is 194 g/mol. The molecule has 0 saturated carbocycles. The SMILES string of the molecule is CCOC(=O)Cc1cncc(N)c1C. The fraction of sp³-hybridized carbons (Fsp3) is 0.400. The van der Waals surface area contributed by atoms with Crippen LogP contribution in [-0.4, -0.2) is 17.6 Å². The third-order valence-electron chi connectivity index (χ3n) is 2.00. The molecule has 4 nitrogen and oxygen atoms in total. The van der Waals surface area contributed by atoms with E-state index in [1.54, 1.807) is 19.3 Å². The van der Waals surface area contributed by atoms with Crippen LogP contribution in [0.25, 0.3) is 0 Å². The van der Waals surface area contributed by atoms with E-state index >= 15 is 0 Å². The van der Waals surface area contributed by atoms with Gasteiger partial charge in [-0.05, 0) is 25.0 Å². The summed E-state index contributed by atoms with van der Waals surface area (Å²) in [5, 5.41) is 0. The molecular formula is C10H14N2O2. The van der Waals surface area contributed by atoms with E-state index in [2.05, 4.69) is 4.98 Å².